The Kier molecular flexibility index (Phi) is 6.41. The van der Waals surface area contributed by atoms with E-state index in [1.54, 1.807) is 12.1 Å². The van der Waals surface area contributed by atoms with Crippen molar-refractivity contribution in [3.05, 3.63) is 59.7 Å². The van der Waals surface area contributed by atoms with Gasteiger partial charge in [0.25, 0.3) is 0 Å². The summed E-state index contributed by atoms with van der Waals surface area (Å²) in [5.74, 6) is 1.28. The molecule has 0 fully saturated rings. The van der Waals surface area contributed by atoms with Crippen molar-refractivity contribution in [1.29, 1.82) is 5.26 Å². The molecular formula is C20H24N4O. The first-order chi connectivity index (χ1) is 12.0. The van der Waals surface area contributed by atoms with Crippen molar-refractivity contribution < 1.29 is 4.74 Å². The summed E-state index contributed by atoms with van der Waals surface area (Å²) in [6.45, 7) is 7.51. The molecule has 0 amide bonds. The lowest BCUT2D eigenvalue weighted by molar-refractivity contribution is 0.306. The number of hydrogen-bond donors (Lipinski definition) is 1. The van der Waals surface area contributed by atoms with Gasteiger partial charge in [-0.05, 0) is 62.7 Å². The summed E-state index contributed by atoms with van der Waals surface area (Å²) in [4.78, 5) is 6.50. The Balaban J connectivity index is 1.98. The highest BCUT2D eigenvalue weighted by Gasteiger charge is 2.09. The molecule has 0 spiro atoms. The molecule has 0 aliphatic rings. The van der Waals surface area contributed by atoms with Crippen molar-refractivity contribution in [3.63, 3.8) is 0 Å². The highest BCUT2D eigenvalue weighted by atomic mass is 16.5. The highest BCUT2D eigenvalue weighted by Crippen LogP contribution is 2.19. The molecule has 0 saturated heterocycles. The van der Waals surface area contributed by atoms with E-state index in [-0.39, 0.29) is 0 Å². The van der Waals surface area contributed by atoms with Gasteiger partial charge in [0.15, 0.2) is 5.96 Å². The minimum atomic E-state index is 0.309. The summed E-state index contributed by atoms with van der Waals surface area (Å²) in [6.07, 6.45) is 0. The van der Waals surface area contributed by atoms with Gasteiger partial charge in [0, 0.05) is 12.6 Å². The van der Waals surface area contributed by atoms with Crippen molar-refractivity contribution in [1.82, 2.24) is 4.90 Å². The number of ether oxygens (including phenoxy) is 1. The predicted molar refractivity (Wildman–Crippen MR) is 101 cm³/mol. The lowest BCUT2D eigenvalue weighted by atomic mass is 10.2. The van der Waals surface area contributed by atoms with Crippen LogP contribution in [0.3, 0.4) is 0 Å². The highest BCUT2D eigenvalue weighted by molar-refractivity contribution is 5.81. The molecule has 0 atom stereocenters. The van der Waals surface area contributed by atoms with Gasteiger partial charge in [-0.3, -0.25) is 0 Å². The van der Waals surface area contributed by atoms with Crippen LogP contribution >= 0.6 is 0 Å². The van der Waals surface area contributed by atoms with Crippen LogP contribution in [-0.4, -0.2) is 23.4 Å². The van der Waals surface area contributed by atoms with Crippen molar-refractivity contribution in [3.8, 4) is 11.8 Å². The Morgan fingerprint density at radius 2 is 1.80 bits per heavy atom. The van der Waals surface area contributed by atoms with Crippen molar-refractivity contribution in [2.45, 2.75) is 33.4 Å². The van der Waals surface area contributed by atoms with Crippen LogP contribution in [0.4, 0.5) is 5.69 Å². The van der Waals surface area contributed by atoms with Gasteiger partial charge in [-0.25, -0.2) is 4.99 Å². The Hall–Kier alpha value is -3.00. The molecule has 5 heteroatoms. The molecule has 2 N–H and O–H groups in total. The Bertz CT molecular complexity index is 743. The van der Waals surface area contributed by atoms with E-state index in [4.69, 9.17) is 15.7 Å². The Morgan fingerprint density at radius 1 is 1.16 bits per heavy atom. The van der Waals surface area contributed by atoms with E-state index in [9.17, 15) is 0 Å². The van der Waals surface area contributed by atoms with Crippen LogP contribution in [0.15, 0.2) is 53.5 Å². The van der Waals surface area contributed by atoms with E-state index in [2.05, 4.69) is 31.8 Å². The number of rotatable bonds is 6. The quantitative estimate of drug-likeness (QED) is 0.643. The maximum Gasteiger partial charge on any atom is 0.196 e. The SMILES string of the molecule is CCN(C(N)=Nc1ccc(OCc2ccc(C#N)cc2)cc1)C(C)C. The minimum Gasteiger partial charge on any atom is -0.489 e. The van der Waals surface area contributed by atoms with E-state index in [1.165, 1.54) is 0 Å². The number of nitrogens with zero attached hydrogens (tertiary/aromatic N) is 3. The zero-order valence-electron chi connectivity index (χ0n) is 14.9. The maximum absolute atomic E-state index is 8.80. The largest absolute Gasteiger partial charge is 0.489 e. The summed E-state index contributed by atoms with van der Waals surface area (Å²) in [6, 6.07) is 17.3. The molecule has 2 rings (SSSR count). The second-order valence-corrected chi connectivity index (χ2v) is 5.94. The second kappa shape index (κ2) is 8.74. The average Bonchev–Trinajstić information content (AvgIpc) is 2.62. The fraction of sp³-hybridized carbons (Fsp3) is 0.300. The lowest BCUT2D eigenvalue weighted by Crippen LogP contribution is -2.41. The van der Waals surface area contributed by atoms with E-state index in [1.807, 2.05) is 41.3 Å². The van der Waals surface area contributed by atoms with E-state index in [0.29, 0.717) is 24.2 Å². The molecule has 0 radical (unpaired) electrons. The predicted octanol–water partition coefficient (Wildman–Crippen LogP) is 3.81. The zero-order chi connectivity index (χ0) is 18.2. The van der Waals surface area contributed by atoms with Gasteiger partial charge < -0.3 is 15.4 Å². The monoisotopic (exact) mass is 336 g/mol. The number of aliphatic imine (C=N–C) groups is 1. The van der Waals surface area contributed by atoms with Gasteiger partial charge in [0.2, 0.25) is 0 Å². The van der Waals surface area contributed by atoms with Crippen molar-refractivity contribution in [2.75, 3.05) is 6.54 Å². The van der Waals surface area contributed by atoms with Crippen LogP contribution in [0.1, 0.15) is 31.9 Å². The molecule has 2 aromatic carbocycles. The molecule has 2 aromatic rings. The number of nitriles is 1. The molecule has 0 heterocycles. The van der Waals surface area contributed by atoms with Crippen LogP contribution in [0.2, 0.25) is 0 Å². The summed E-state index contributed by atoms with van der Waals surface area (Å²) in [5.41, 5.74) is 8.53. The van der Waals surface area contributed by atoms with E-state index in [0.717, 1.165) is 23.5 Å². The van der Waals surface area contributed by atoms with Crippen LogP contribution in [0.25, 0.3) is 0 Å². The molecular weight excluding hydrogens is 312 g/mol. The zero-order valence-corrected chi connectivity index (χ0v) is 14.9. The summed E-state index contributed by atoms with van der Waals surface area (Å²) in [7, 11) is 0. The molecule has 5 nitrogen and oxygen atoms in total. The van der Waals surface area contributed by atoms with Crippen LogP contribution < -0.4 is 10.5 Å². The van der Waals surface area contributed by atoms with Crippen molar-refractivity contribution in [2.24, 2.45) is 10.7 Å². The topological polar surface area (TPSA) is 74.6 Å². The number of guanidine groups is 1. The van der Waals surface area contributed by atoms with Crippen LogP contribution in [0.5, 0.6) is 5.75 Å². The normalized spacial score (nSPS) is 11.2. The molecule has 0 bridgehead atoms. The Morgan fingerprint density at radius 3 is 2.32 bits per heavy atom. The summed E-state index contributed by atoms with van der Waals surface area (Å²) >= 11 is 0. The third-order valence-electron chi connectivity index (χ3n) is 3.83. The van der Waals surface area contributed by atoms with Crippen molar-refractivity contribution >= 4 is 11.6 Å². The molecule has 0 saturated carbocycles. The molecule has 0 unspecified atom stereocenters. The molecule has 0 aromatic heterocycles. The molecule has 25 heavy (non-hydrogen) atoms. The first-order valence-electron chi connectivity index (χ1n) is 8.36. The molecule has 0 aliphatic carbocycles. The Labute approximate surface area is 149 Å². The lowest BCUT2D eigenvalue weighted by Gasteiger charge is -2.25. The smallest absolute Gasteiger partial charge is 0.196 e. The molecule has 130 valence electrons. The van der Waals surface area contributed by atoms with Gasteiger partial charge in [-0.1, -0.05) is 12.1 Å². The van der Waals surface area contributed by atoms with Gasteiger partial charge in [0.05, 0.1) is 17.3 Å². The standard InChI is InChI=1S/C20H24N4O/c1-4-24(15(2)3)20(22)23-18-9-11-19(12-10-18)25-14-17-7-5-16(13-21)6-8-17/h5-12,15H,4,14H2,1-3H3,(H2,22,23). The van der Waals surface area contributed by atoms with Gasteiger partial charge in [0.1, 0.15) is 12.4 Å². The summed E-state index contributed by atoms with van der Waals surface area (Å²) < 4.78 is 5.76. The van der Waals surface area contributed by atoms with E-state index >= 15 is 0 Å². The van der Waals surface area contributed by atoms with E-state index < -0.39 is 0 Å². The maximum atomic E-state index is 8.80. The number of benzene rings is 2. The molecule has 0 aliphatic heterocycles. The average molecular weight is 336 g/mol. The number of hydrogen-bond acceptors (Lipinski definition) is 3. The van der Waals surface area contributed by atoms with Gasteiger partial charge in [-0.2, -0.15) is 5.26 Å². The van der Waals surface area contributed by atoms with Gasteiger partial charge in [-0.15, -0.1) is 0 Å². The summed E-state index contributed by atoms with van der Waals surface area (Å²) in [5, 5.41) is 8.80. The minimum absolute atomic E-state index is 0.309. The second-order valence-electron chi connectivity index (χ2n) is 5.94. The third-order valence-corrected chi connectivity index (χ3v) is 3.83. The van der Waals surface area contributed by atoms with Crippen LogP contribution in [-0.2, 0) is 6.61 Å². The van der Waals surface area contributed by atoms with Crippen LogP contribution in [0, 0.1) is 11.3 Å². The fourth-order valence-corrected chi connectivity index (χ4v) is 2.45. The third kappa shape index (κ3) is 5.25. The first kappa shape index (κ1) is 18.3. The van der Waals surface area contributed by atoms with Gasteiger partial charge >= 0.3 is 0 Å². The fourth-order valence-electron chi connectivity index (χ4n) is 2.45. The first-order valence-corrected chi connectivity index (χ1v) is 8.36. The number of nitrogens with two attached hydrogens (primary N) is 1.